The van der Waals surface area contributed by atoms with Crippen LogP contribution in [0.4, 0.5) is 17.1 Å². The SMILES string of the molecule is Cc1ccc(C)c(NC(=O)c2ccc(CNc3c(N4CCOCC4)c(=O)c3=O)cc2)c1. The van der Waals surface area contributed by atoms with Crippen LogP contribution in [-0.2, 0) is 11.3 Å². The fourth-order valence-electron chi connectivity index (χ4n) is 3.66. The lowest BCUT2D eigenvalue weighted by Gasteiger charge is -2.30. The fraction of sp³-hybridized carbons (Fsp3) is 0.292. The molecule has 1 heterocycles. The standard InChI is InChI=1S/C24H25N3O4/c1-15-3-4-16(2)19(13-15)26-24(30)18-7-5-17(6-8-18)14-25-20-21(23(29)22(20)28)27-9-11-31-12-10-27/h3-8,13,25H,9-12,14H2,1-2H3,(H,26,30). The zero-order chi connectivity index (χ0) is 22.0. The van der Waals surface area contributed by atoms with E-state index in [1.54, 1.807) is 12.1 Å². The van der Waals surface area contributed by atoms with Gasteiger partial charge in [-0.1, -0.05) is 24.3 Å². The van der Waals surface area contributed by atoms with Crippen LogP contribution in [0.5, 0.6) is 0 Å². The highest BCUT2D eigenvalue weighted by molar-refractivity contribution is 6.04. The van der Waals surface area contributed by atoms with E-state index in [0.29, 0.717) is 49.8 Å². The molecule has 1 aliphatic rings. The molecule has 0 spiro atoms. The third-order valence-corrected chi connectivity index (χ3v) is 5.54. The number of carbonyl (C=O) groups is 1. The van der Waals surface area contributed by atoms with E-state index in [-0.39, 0.29) is 5.91 Å². The quantitative estimate of drug-likeness (QED) is 0.597. The van der Waals surface area contributed by atoms with Crippen molar-refractivity contribution < 1.29 is 9.53 Å². The molecule has 0 bridgehead atoms. The number of benzene rings is 2. The molecule has 2 N–H and O–H groups in total. The summed E-state index contributed by atoms with van der Waals surface area (Å²) in [5.74, 6) is -0.176. The van der Waals surface area contributed by atoms with Gasteiger partial charge in [-0.05, 0) is 48.7 Å². The number of nitrogens with zero attached hydrogens (tertiary/aromatic N) is 1. The summed E-state index contributed by atoms with van der Waals surface area (Å²) in [6, 6.07) is 13.1. The molecule has 1 saturated heterocycles. The van der Waals surface area contributed by atoms with E-state index < -0.39 is 10.9 Å². The van der Waals surface area contributed by atoms with Crippen molar-refractivity contribution in [3.8, 4) is 0 Å². The number of ether oxygens (including phenoxy) is 1. The smallest absolute Gasteiger partial charge is 0.255 e. The Hall–Kier alpha value is -3.45. The van der Waals surface area contributed by atoms with Crippen LogP contribution in [-0.4, -0.2) is 32.2 Å². The minimum absolute atomic E-state index is 0.176. The molecule has 3 aromatic rings. The first kappa shape index (κ1) is 20.8. The predicted molar refractivity (Wildman–Crippen MR) is 122 cm³/mol. The predicted octanol–water partition coefficient (Wildman–Crippen LogP) is 2.60. The van der Waals surface area contributed by atoms with E-state index in [1.165, 1.54) is 0 Å². The van der Waals surface area contributed by atoms with E-state index >= 15 is 0 Å². The molecule has 3 aromatic carbocycles. The van der Waals surface area contributed by atoms with Gasteiger partial charge in [-0.25, -0.2) is 0 Å². The Labute approximate surface area is 180 Å². The second kappa shape index (κ2) is 8.73. The molecule has 0 aromatic heterocycles. The Balaban J connectivity index is 1.40. The number of rotatable bonds is 6. The summed E-state index contributed by atoms with van der Waals surface area (Å²) < 4.78 is 5.31. The Morgan fingerprint density at radius 2 is 1.71 bits per heavy atom. The molecule has 0 aliphatic carbocycles. The van der Waals surface area contributed by atoms with E-state index in [0.717, 1.165) is 22.4 Å². The second-order valence-corrected chi connectivity index (χ2v) is 7.80. The summed E-state index contributed by atoms with van der Waals surface area (Å²) in [7, 11) is 0. The maximum Gasteiger partial charge on any atom is 0.255 e. The van der Waals surface area contributed by atoms with Crippen LogP contribution in [0.3, 0.4) is 0 Å². The highest BCUT2D eigenvalue weighted by Crippen LogP contribution is 2.22. The molecule has 4 rings (SSSR count). The van der Waals surface area contributed by atoms with Gasteiger partial charge in [0.15, 0.2) is 0 Å². The highest BCUT2D eigenvalue weighted by Gasteiger charge is 2.26. The molecular formula is C24H25N3O4. The largest absolute Gasteiger partial charge is 0.378 e. The van der Waals surface area contributed by atoms with Crippen molar-refractivity contribution in [3.05, 3.63) is 85.2 Å². The summed E-state index contributed by atoms with van der Waals surface area (Å²) in [5, 5.41) is 6.04. The van der Waals surface area contributed by atoms with Crippen LogP contribution < -0.4 is 26.4 Å². The van der Waals surface area contributed by atoms with Gasteiger partial charge in [0.2, 0.25) is 0 Å². The van der Waals surface area contributed by atoms with Crippen molar-refractivity contribution in [2.45, 2.75) is 20.4 Å². The molecule has 0 unspecified atom stereocenters. The maximum atomic E-state index is 12.6. The van der Waals surface area contributed by atoms with Crippen molar-refractivity contribution in [1.29, 1.82) is 0 Å². The third-order valence-electron chi connectivity index (χ3n) is 5.54. The minimum Gasteiger partial charge on any atom is -0.378 e. The van der Waals surface area contributed by atoms with Crippen LogP contribution in [0.15, 0.2) is 52.1 Å². The first-order chi connectivity index (χ1) is 14.9. The molecular weight excluding hydrogens is 394 g/mol. The lowest BCUT2D eigenvalue weighted by molar-refractivity contribution is 0.102. The Morgan fingerprint density at radius 1 is 1.00 bits per heavy atom. The van der Waals surface area contributed by atoms with E-state index in [1.807, 2.05) is 49.1 Å². The summed E-state index contributed by atoms with van der Waals surface area (Å²) >= 11 is 0. The van der Waals surface area contributed by atoms with Gasteiger partial charge in [0.25, 0.3) is 16.8 Å². The summed E-state index contributed by atoms with van der Waals surface area (Å²) in [5.41, 5.74) is 4.24. The molecule has 7 nitrogen and oxygen atoms in total. The van der Waals surface area contributed by atoms with Crippen LogP contribution in [0.25, 0.3) is 0 Å². The first-order valence-electron chi connectivity index (χ1n) is 10.3. The number of hydrogen-bond donors (Lipinski definition) is 2. The first-order valence-corrected chi connectivity index (χ1v) is 10.3. The van der Waals surface area contributed by atoms with Gasteiger partial charge in [-0.3, -0.25) is 14.4 Å². The van der Waals surface area contributed by atoms with Crippen molar-refractivity contribution in [3.63, 3.8) is 0 Å². The second-order valence-electron chi connectivity index (χ2n) is 7.80. The van der Waals surface area contributed by atoms with Crippen molar-refractivity contribution in [2.75, 3.05) is 41.8 Å². The van der Waals surface area contributed by atoms with E-state index in [4.69, 9.17) is 4.74 Å². The normalized spacial score (nSPS) is 13.9. The minimum atomic E-state index is -0.481. The van der Waals surface area contributed by atoms with Crippen molar-refractivity contribution in [2.24, 2.45) is 0 Å². The zero-order valence-electron chi connectivity index (χ0n) is 17.7. The molecule has 160 valence electrons. The van der Waals surface area contributed by atoms with E-state index in [2.05, 4.69) is 10.6 Å². The van der Waals surface area contributed by atoms with Gasteiger partial charge >= 0.3 is 0 Å². The molecule has 7 heteroatoms. The zero-order valence-corrected chi connectivity index (χ0v) is 17.7. The Morgan fingerprint density at radius 3 is 2.42 bits per heavy atom. The molecule has 0 atom stereocenters. The average Bonchev–Trinajstić information content (AvgIpc) is 2.79. The molecule has 1 aliphatic heterocycles. The molecule has 0 radical (unpaired) electrons. The molecule has 1 amide bonds. The molecule has 31 heavy (non-hydrogen) atoms. The maximum absolute atomic E-state index is 12.6. The van der Waals surface area contributed by atoms with E-state index in [9.17, 15) is 14.4 Å². The monoisotopic (exact) mass is 419 g/mol. The average molecular weight is 419 g/mol. The summed E-state index contributed by atoms with van der Waals surface area (Å²) in [6.07, 6.45) is 0. The number of hydrogen-bond acceptors (Lipinski definition) is 6. The number of carbonyl (C=O) groups excluding carboxylic acids is 1. The van der Waals surface area contributed by atoms with Gasteiger partial charge in [-0.15, -0.1) is 0 Å². The Bertz CT molecular complexity index is 1170. The number of amides is 1. The number of anilines is 3. The fourth-order valence-corrected chi connectivity index (χ4v) is 3.66. The lowest BCUT2D eigenvalue weighted by atomic mass is 10.1. The summed E-state index contributed by atoms with van der Waals surface area (Å²) in [4.78, 5) is 38.5. The third kappa shape index (κ3) is 4.36. The van der Waals surface area contributed by atoms with Crippen molar-refractivity contribution >= 4 is 23.0 Å². The van der Waals surface area contributed by atoms with Crippen LogP contribution in [0.1, 0.15) is 27.0 Å². The highest BCUT2D eigenvalue weighted by atomic mass is 16.5. The van der Waals surface area contributed by atoms with Gasteiger partial charge < -0.3 is 20.3 Å². The van der Waals surface area contributed by atoms with Gasteiger partial charge in [0.05, 0.1) is 13.2 Å². The lowest BCUT2D eigenvalue weighted by Crippen LogP contribution is -2.46. The molecule has 1 fully saturated rings. The van der Waals surface area contributed by atoms with Gasteiger partial charge in [0.1, 0.15) is 11.4 Å². The van der Waals surface area contributed by atoms with Gasteiger partial charge in [-0.2, -0.15) is 0 Å². The van der Waals surface area contributed by atoms with Gasteiger partial charge in [0, 0.05) is 30.9 Å². The van der Waals surface area contributed by atoms with Crippen molar-refractivity contribution in [1.82, 2.24) is 0 Å². The van der Waals surface area contributed by atoms with Crippen LogP contribution in [0, 0.1) is 13.8 Å². The number of aryl methyl sites for hydroxylation is 2. The van der Waals surface area contributed by atoms with Crippen LogP contribution >= 0.6 is 0 Å². The van der Waals surface area contributed by atoms with Crippen LogP contribution in [0.2, 0.25) is 0 Å². The topological polar surface area (TPSA) is 87.7 Å². The summed E-state index contributed by atoms with van der Waals surface area (Å²) in [6.45, 7) is 6.62. The Kier molecular flexibility index (Phi) is 5.86. The number of nitrogens with one attached hydrogen (secondary N) is 2. The molecule has 0 saturated carbocycles. The number of morpholine rings is 1.